The smallest absolute Gasteiger partial charge is 0.271 e. The van der Waals surface area contributed by atoms with Crippen molar-refractivity contribution < 1.29 is 26.3 Å². The van der Waals surface area contributed by atoms with E-state index in [0.29, 0.717) is 12.8 Å². The summed E-state index contributed by atoms with van der Waals surface area (Å²) in [6.45, 7) is 3.68. The predicted octanol–water partition coefficient (Wildman–Crippen LogP) is 3.63. The van der Waals surface area contributed by atoms with Crippen LogP contribution in [-0.4, -0.2) is 18.4 Å². The SMILES string of the molecule is CC1CC(C)CC(C(NN)C(C(F)(F)F)C(F)(F)F)C1. The third kappa shape index (κ3) is 4.25. The van der Waals surface area contributed by atoms with Crippen LogP contribution in [0, 0.1) is 23.7 Å². The van der Waals surface area contributed by atoms with Crippen LogP contribution >= 0.6 is 0 Å². The first-order chi connectivity index (χ1) is 8.96. The van der Waals surface area contributed by atoms with Crippen molar-refractivity contribution in [3.05, 3.63) is 0 Å². The Labute approximate surface area is 114 Å². The zero-order valence-electron chi connectivity index (χ0n) is 11.4. The number of alkyl halides is 6. The van der Waals surface area contributed by atoms with Crippen LogP contribution in [0.1, 0.15) is 33.1 Å². The number of halogens is 6. The molecule has 20 heavy (non-hydrogen) atoms. The van der Waals surface area contributed by atoms with Gasteiger partial charge in [-0.25, -0.2) is 0 Å². The average Bonchev–Trinajstić information content (AvgIpc) is 2.20. The summed E-state index contributed by atoms with van der Waals surface area (Å²) in [4.78, 5) is 0. The minimum absolute atomic E-state index is 0.0988. The number of nitrogens with one attached hydrogen (secondary N) is 1. The topological polar surface area (TPSA) is 38.0 Å². The molecule has 0 spiro atoms. The highest BCUT2D eigenvalue weighted by atomic mass is 19.4. The van der Waals surface area contributed by atoms with Crippen molar-refractivity contribution in [3.63, 3.8) is 0 Å². The van der Waals surface area contributed by atoms with Gasteiger partial charge in [-0.15, -0.1) is 0 Å². The second-order valence-corrected chi connectivity index (χ2v) is 5.93. The molecule has 3 unspecified atom stereocenters. The number of hydrogen-bond donors (Lipinski definition) is 2. The third-order valence-electron chi connectivity index (χ3n) is 3.98. The Hall–Kier alpha value is -0.500. The van der Waals surface area contributed by atoms with E-state index >= 15 is 0 Å². The van der Waals surface area contributed by atoms with Crippen LogP contribution in [0.3, 0.4) is 0 Å². The highest BCUT2D eigenvalue weighted by Gasteiger charge is 2.61. The fraction of sp³-hybridized carbons (Fsp3) is 1.00. The molecule has 1 aliphatic carbocycles. The molecule has 1 saturated carbocycles. The molecule has 8 heteroatoms. The summed E-state index contributed by atoms with van der Waals surface area (Å²) >= 11 is 0. The van der Waals surface area contributed by atoms with E-state index in [1.165, 1.54) is 0 Å². The van der Waals surface area contributed by atoms with E-state index in [4.69, 9.17) is 5.84 Å². The number of nitrogens with two attached hydrogens (primary N) is 1. The molecular weight excluding hydrogens is 286 g/mol. The van der Waals surface area contributed by atoms with E-state index in [2.05, 4.69) is 0 Å². The van der Waals surface area contributed by atoms with E-state index in [1.54, 1.807) is 5.43 Å². The zero-order chi connectivity index (χ0) is 15.7. The van der Waals surface area contributed by atoms with Gasteiger partial charge < -0.3 is 0 Å². The van der Waals surface area contributed by atoms with E-state index in [0.717, 1.165) is 6.42 Å². The average molecular weight is 306 g/mol. The molecule has 0 aromatic rings. The van der Waals surface area contributed by atoms with E-state index in [9.17, 15) is 26.3 Å². The molecule has 1 rings (SSSR count). The highest BCUT2D eigenvalue weighted by Crippen LogP contribution is 2.46. The van der Waals surface area contributed by atoms with E-state index in [1.807, 2.05) is 13.8 Å². The van der Waals surface area contributed by atoms with Crippen molar-refractivity contribution >= 4 is 0 Å². The molecule has 3 N–H and O–H groups in total. The molecule has 0 saturated heterocycles. The van der Waals surface area contributed by atoms with Gasteiger partial charge >= 0.3 is 12.4 Å². The van der Waals surface area contributed by atoms with Crippen LogP contribution in [0.4, 0.5) is 26.3 Å². The van der Waals surface area contributed by atoms with Crippen LogP contribution in [0.25, 0.3) is 0 Å². The number of rotatable bonds is 3. The molecule has 0 heterocycles. The monoisotopic (exact) mass is 306 g/mol. The number of hydrazine groups is 1. The van der Waals surface area contributed by atoms with Crippen LogP contribution < -0.4 is 11.3 Å². The summed E-state index contributed by atoms with van der Waals surface area (Å²) in [7, 11) is 0. The lowest BCUT2D eigenvalue weighted by molar-refractivity contribution is -0.296. The van der Waals surface area contributed by atoms with Crippen molar-refractivity contribution in [1.29, 1.82) is 0 Å². The van der Waals surface area contributed by atoms with E-state index < -0.39 is 30.2 Å². The van der Waals surface area contributed by atoms with Crippen molar-refractivity contribution in [3.8, 4) is 0 Å². The van der Waals surface area contributed by atoms with Gasteiger partial charge in [0.15, 0.2) is 5.92 Å². The van der Waals surface area contributed by atoms with Gasteiger partial charge in [-0.3, -0.25) is 11.3 Å². The number of hydrogen-bond acceptors (Lipinski definition) is 2. The zero-order valence-corrected chi connectivity index (χ0v) is 11.4. The second kappa shape index (κ2) is 6.09. The molecular formula is C12H20F6N2. The maximum Gasteiger partial charge on any atom is 0.402 e. The maximum absolute atomic E-state index is 12.8. The van der Waals surface area contributed by atoms with Crippen LogP contribution in [0.5, 0.6) is 0 Å². The molecule has 120 valence electrons. The summed E-state index contributed by atoms with van der Waals surface area (Å²) in [5.41, 5.74) is 1.79. The maximum atomic E-state index is 12.8. The summed E-state index contributed by atoms with van der Waals surface area (Å²) in [6, 6.07) is -1.83. The first-order valence-electron chi connectivity index (χ1n) is 6.56. The normalized spacial score (nSPS) is 30.6. The minimum atomic E-state index is -5.36. The molecule has 0 aromatic carbocycles. The molecule has 1 fully saturated rings. The van der Waals surface area contributed by atoms with E-state index in [-0.39, 0.29) is 11.8 Å². The summed E-state index contributed by atoms with van der Waals surface area (Å²) in [6.07, 6.45) is -9.27. The fourth-order valence-corrected chi connectivity index (χ4v) is 3.40. The van der Waals surface area contributed by atoms with Crippen molar-refractivity contribution in [2.75, 3.05) is 0 Å². The molecule has 0 amide bonds. The molecule has 0 radical (unpaired) electrons. The second-order valence-electron chi connectivity index (χ2n) is 5.93. The van der Waals surface area contributed by atoms with Crippen LogP contribution in [0.2, 0.25) is 0 Å². The lowest BCUT2D eigenvalue weighted by Crippen LogP contribution is -2.57. The Morgan fingerprint density at radius 2 is 1.30 bits per heavy atom. The summed E-state index contributed by atoms with van der Waals surface area (Å²) < 4.78 is 76.7. The van der Waals surface area contributed by atoms with Gasteiger partial charge in [-0.1, -0.05) is 13.8 Å². The quantitative estimate of drug-likeness (QED) is 0.475. The van der Waals surface area contributed by atoms with Crippen molar-refractivity contribution in [1.82, 2.24) is 5.43 Å². The Morgan fingerprint density at radius 3 is 1.60 bits per heavy atom. The van der Waals surface area contributed by atoms with Gasteiger partial charge in [0, 0.05) is 6.04 Å². The molecule has 0 bridgehead atoms. The molecule has 3 atom stereocenters. The highest BCUT2D eigenvalue weighted by molar-refractivity contribution is 4.93. The van der Waals surface area contributed by atoms with Crippen molar-refractivity contribution in [2.24, 2.45) is 29.5 Å². The Kier molecular flexibility index (Phi) is 5.34. The molecule has 2 nitrogen and oxygen atoms in total. The van der Waals surface area contributed by atoms with Crippen molar-refractivity contribution in [2.45, 2.75) is 51.5 Å². The molecule has 0 aliphatic heterocycles. The minimum Gasteiger partial charge on any atom is -0.271 e. The largest absolute Gasteiger partial charge is 0.402 e. The van der Waals surface area contributed by atoms with Crippen LogP contribution in [0.15, 0.2) is 0 Å². The Morgan fingerprint density at radius 1 is 0.900 bits per heavy atom. The van der Waals surface area contributed by atoms with Gasteiger partial charge in [0.1, 0.15) is 0 Å². The predicted molar refractivity (Wildman–Crippen MR) is 62.4 cm³/mol. The lowest BCUT2D eigenvalue weighted by atomic mass is 9.71. The standard InChI is InChI=1S/C12H20F6N2/c1-6-3-7(2)5-8(4-6)9(20-19)10(11(13,14)15)12(16,17)18/h6-10,20H,3-5,19H2,1-2H3. The van der Waals surface area contributed by atoms with Gasteiger partial charge in [-0.2, -0.15) is 26.3 Å². The summed E-state index contributed by atoms with van der Waals surface area (Å²) in [5, 5.41) is 0. The fourth-order valence-electron chi connectivity index (χ4n) is 3.40. The first-order valence-corrected chi connectivity index (χ1v) is 6.56. The molecule has 0 aromatic heterocycles. The Balaban J connectivity index is 3.02. The van der Waals surface area contributed by atoms with Gasteiger partial charge in [0.2, 0.25) is 0 Å². The van der Waals surface area contributed by atoms with Gasteiger partial charge in [-0.05, 0) is 37.0 Å². The van der Waals surface area contributed by atoms with Crippen LogP contribution in [-0.2, 0) is 0 Å². The lowest BCUT2D eigenvalue weighted by Gasteiger charge is -2.40. The van der Waals surface area contributed by atoms with Gasteiger partial charge in [0.05, 0.1) is 0 Å². The Bertz CT molecular complexity index is 290. The third-order valence-corrected chi connectivity index (χ3v) is 3.98. The summed E-state index contributed by atoms with van der Waals surface area (Å²) in [5.74, 6) is 1.08. The molecule has 1 aliphatic rings. The van der Waals surface area contributed by atoms with Gasteiger partial charge in [0.25, 0.3) is 0 Å². The first kappa shape index (κ1) is 17.6.